The molecular formula is C19H17FN2O4. The Morgan fingerprint density at radius 2 is 1.85 bits per heavy atom. The number of hydrogen-bond donors (Lipinski definition) is 2. The van der Waals surface area contributed by atoms with Gasteiger partial charge >= 0.3 is 0 Å². The van der Waals surface area contributed by atoms with Crippen molar-refractivity contribution < 1.29 is 18.7 Å². The van der Waals surface area contributed by atoms with Gasteiger partial charge in [-0.15, -0.1) is 0 Å². The highest BCUT2D eigenvalue weighted by Gasteiger charge is 2.11. The monoisotopic (exact) mass is 356 g/mol. The molecule has 1 amide bonds. The number of methoxy groups -OCH3 is 1. The van der Waals surface area contributed by atoms with Gasteiger partial charge < -0.3 is 19.8 Å². The zero-order valence-corrected chi connectivity index (χ0v) is 14.0. The second kappa shape index (κ2) is 7.69. The van der Waals surface area contributed by atoms with Crippen LogP contribution >= 0.6 is 0 Å². The first-order chi connectivity index (χ1) is 12.6. The fourth-order valence-electron chi connectivity index (χ4n) is 2.44. The number of carbonyl (C=O) groups is 1. The van der Waals surface area contributed by atoms with Gasteiger partial charge in [0, 0.05) is 0 Å². The molecule has 7 heteroatoms. The van der Waals surface area contributed by atoms with Crippen LogP contribution in [0.15, 0.2) is 53.3 Å². The van der Waals surface area contributed by atoms with Crippen LogP contribution in [0.4, 0.5) is 4.39 Å². The van der Waals surface area contributed by atoms with Gasteiger partial charge in [-0.05, 0) is 53.9 Å². The van der Waals surface area contributed by atoms with Gasteiger partial charge in [-0.3, -0.25) is 9.59 Å². The SMILES string of the molecule is COc1ccc(OCCNC(=O)c2cc3ccc(F)cc3[nH]c2=O)cc1. The Bertz CT molecular complexity index is 983. The van der Waals surface area contributed by atoms with Gasteiger partial charge in [0.2, 0.25) is 0 Å². The molecule has 0 atom stereocenters. The first kappa shape index (κ1) is 17.5. The molecule has 3 aromatic rings. The second-order valence-electron chi connectivity index (χ2n) is 5.52. The Morgan fingerprint density at radius 3 is 2.58 bits per heavy atom. The minimum Gasteiger partial charge on any atom is -0.497 e. The summed E-state index contributed by atoms with van der Waals surface area (Å²) in [4.78, 5) is 26.7. The number of carbonyl (C=O) groups excluding carboxylic acids is 1. The first-order valence-electron chi connectivity index (χ1n) is 7.94. The fraction of sp³-hybridized carbons (Fsp3) is 0.158. The van der Waals surface area contributed by atoms with E-state index >= 15 is 0 Å². The van der Waals surface area contributed by atoms with Crippen LogP contribution in [-0.2, 0) is 0 Å². The van der Waals surface area contributed by atoms with Crippen molar-refractivity contribution in [1.29, 1.82) is 0 Å². The van der Waals surface area contributed by atoms with Crippen molar-refractivity contribution in [2.24, 2.45) is 0 Å². The topological polar surface area (TPSA) is 80.4 Å². The van der Waals surface area contributed by atoms with E-state index in [4.69, 9.17) is 9.47 Å². The predicted octanol–water partition coefficient (Wildman–Crippen LogP) is 2.48. The molecule has 1 heterocycles. The lowest BCUT2D eigenvalue weighted by Gasteiger charge is -2.08. The average Bonchev–Trinajstić information content (AvgIpc) is 2.65. The highest BCUT2D eigenvalue weighted by atomic mass is 19.1. The minimum absolute atomic E-state index is 0.0337. The van der Waals surface area contributed by atoms with Crippen molar-refractivity contribution in [2.45, 2.75) is 0 Å². The summed E-state index contributed by atoms with van der Waals surface area (Å²) < 4.78 is 23.8. The molecule has 3 rings (SSSR count). The van der Waals surface area contributed by atoms with Crippen LogP contribution in [0.3, 0.4) is 0 Å². The zero-order chi connectivity index (χ0) is 18.5. The molecule has 0 radical (unpaired) electrons. The molecule has 2 aromatic carbocycles. The number of hydrogen-bond acceptors (Lipinski definition) is 4. The van der Waals surface area contributed by atoms with Gasteiger partial charge in [0.25, 0.3) is 11.5 Å². The number of pyridine rings is 1. The summed E-state index contributed by atoms with van der Waals surface area (Å²) in [7, 11) is 1.58. The smallest absolute Gasteiger partial charge is 0.261 e. The fourth-order valence-corrected chi connectivity index (χ4v) is 2.44. The number of aromatic nitrogens is 1. The van der Waals surface area contributed by atoms with Crippen LogP contribution in [-0.4, -0.2) is 31.2 Å². The summed E-state index contributed by atoms with van der Waals surface area (Å²) in [6, 6.07) is 12.5. The van der Waals surface area contributed by atoms with Crippen molar-refractivity contribution in [3.8, 4) is 11.5 Å². The highest BCUT2D eigenvalue weighted by Crippen LogP contribution is 2.16. The molecule has 0 spiro atoms. The molecule has 0 saturated carbocycles. The maximum absolute atomic E-state index is 13.2. The Kier molecular flexibility index (Phi) is 5.17. The van der Waals surface area contributed by atoms with E-state index in [9.17, 15) is 14.0 Å². The van der Waals surface area contributed by atoms with Gasteiger partial charge in [0.1, 0.15) is 29.5 Å². The maximum atomic E-state index is 13.2. The molecule has 0 unspecified atom stereocenters. The Labute approximate surface area is 148 Å². The van der Waals surface area contributed by atoms with E-state index in [0.29, 0.717) is 16.7 Å². The number of fused-ring (bicyclic) bond motifs is 1. The number of amides is 1. The molecule has 0 fully saturated rings. The lowest BCUT2D eigenvalue weighted by Crippen LogP contribution is -2.32. The quantitative estimate of drug-likeness (QED) is 0.665. The summed E-state index contributed by atoms with van der Waals surface area (Å²) in [5.41, 5.74) is -0.264. The van der Waals surface area contributed by atoms with E-state index in [1.807, 2.05) is 0 Å². The second-order valence-corrected chi connectivity index (χ2v) is 5.52. The van der Waals surface area contributed by atoms with Crippen LogP contribution < -0.4 is 20.3 Å². The van der Waals surface area contributed by atoms with Crippen molar-refractivity contribution in [3.05, 3.63) is 70.3 Å². The van der Waals surface area contributed by atoms with Gasteiger partial charge in [0.15, 0.2) is 0 Å². The molecule has 0 bridgehead atoms. The van der Waals surface area contributed by atoms with Crippen LogP contribution in [0.5, 0.6) is 11.5 Å². The lowest BCUT2D eigenvalue weighted by molar-refractivity contribution is 0.0945. The van der Waals surface area contributed by atoms with Crippen LogP contribution in [0.2, 0.25) is 0 Å². The number of nitrogens with one attached hydrogen (secondary N) is 2. The third kappa shape index (κ3) is 4.00. The molecule has 1 aromatic heterocycles. The first-order valence-corrected chi connectivity index (χ1v) is 7.94. The summed E-state index contributed by atoms with van der Waals surface area (Å²) in [6.45, 7) is 0.473. The third-order valence-corrected chi connectivity index (χ3v) is 3.77. The third-order valence-electron chi connectivity index (χ3n) is 3.77. The van der Waals surface area contributed by atoms with E-state index in [1.54, 1.807) is 31.4 Å². The van der Waals surface area contributed by atoms with Gasteiger partial charge in [-0.1, -0.05) is 0 Å². The van der Waals surface area contributed by atoms with Crippen LogP contribution in [0, 0.1) is 5.82 Å². The molecule has 134 valence electrons. The number of aromatic amines is 1. The number of H-pyrrole nitrogens is 1. The summed E-state index contributed by atoms with van der Waals surface area (Å²) in [6.07, 6.45) is 0. The predicted molar refractivity (Wildman–Crippen MR) is 95.3 cm³/mol. The van der Waals surface area contributed by atoms with Gasteiger partial charge in [-0.2, -0.15) is 0 Å². The Hall–Kier alpha value is -3.35. The Balaban J connectivity index is 1.59. The van der Waals surface area contributed by atoms with Crippen molar-refractivity contribution in [3.63, 3.8) is 0 Å². The zero-order valence-electron chi connectivity index (χ0n) is 14.0. The summed E-state index contributed by atoms with van der Waals surface area (Å²) >= 11 is 0. The minimum atomic E-state index is -0.573. The van der Waals surface area contributed by atoms with Gasteiger partial charge in [0.05, 0.1) is 19.2 Å². The molecular weight excluding hydrogens is 339 g/mol. The number of rotatable bonds is 6. The average molecular weight is 356 g/mol. The molecule has 26 heavy (non-hydrogen) atoms. The van der Waals surface area contributed by atoms with E-state index < -0.39 is 17.3 Å². The number of ether oxygens (including phenoxy) is 2. The molecule has 0 saturated heterocycles. The highest BCUT2D eigenvalue weighted by molar-refractivity contribution is 5.97. The lowest BCUT2D eigenvalue weighted by atomic mass is 10.1. The number of benzene rings is 2. The van der Waals surface area contributed by atoms with E-state index in [2.05, 4.69) is 10.3 Å². The summed E-state index contributed by atoms with van der Waals surface area (Å²) in [5.74, 6) is 0.392. The molecule has 2 N–H and O–H groups in total. The standard InChI is InChI=1S/C19H17FN2O4/c1-25-14-4-6-15(7-5-14)26-9-8-21-18(23)16-10-12-2-3-13(20)11-17(12)22-19(16)24/h2-7,10-11H,8-9H2,1H3,(H,21,23)(H,22,24). The molecule has 0 aliphatic rings. The number of halogens is 1. The Morgan fingerprint density at radius 1 is 1.12 bits per heavy atom. The summed E-state index contributed by atoms with van der Waals surface area (Å²) in [5, 5.41) is 3.20. The van der Waals surface area contributed by atoms with Crippen molar-refractivity contribution in [2.75, 3.05) is 20.3 Å². The van der Waals surface area contributed by atoms with Crippen molar-refractivity contribution >= 4 is 16.8 Å². The van der Waals surface area contributed by atoms with Gasteiger partial charge in [-0.25, -0.2) is 4.39 Å². The van der Waals surface area contributed by atoms with Crippen LogP contribution in [0.1, 0.15) is 10.4 Å². The van der Waals surface area contributed by atoms with Crippen molar-refractivity contribution in [1.82, 2.24) is 10.3 Å². The van der Waals surface area contributed by atoms with Crippen LogP contribution in [0.25, 0.3) is 10.9 Å². The maximum Gasteiger partial charge on any atom is 0.261 e. The molecule has 0 aliphatic carbocycles. The molecule has 6 nitrogen and oxygen atoms in total. The normalized spacial score (nSPS) is 10.5. The largest absolute Gasteiger partial charge is 0.497 e. The van der Waals surface area contributed by atoms with E-state index in [-0.39, 0.29) is 18.7 Å². The van der Waals surface area contributed by atoms with E-state index in [0.717, 1.165) is 5.75 Å². The molecule has 0 aliphatic heterocycles. The van der Waals surface area contributed by atoms with E-state index in [1.165, 1.54) is 24.3 Å².